The summed E-state index contributed by atoms with van der Waals surface area (Å²) in [5.74, 6) is 0.0166. The molecule has 0 unspecified atom stereocenters. The molecular formula is C33H28N2O6S2. The summed E-state index contributed by atoms with van der Waals surface area (Å²) in [7, 11) is -7.09. The second-order valence-electron chi connectivity index (χ2n) is 9.84. The van der Waals surface area contributed by atoms with Crippen LogP contribution in [0.15, 0.2) is 137 Å². The van der Waals surface area contributed by atoms with Crippen LogP contribution in [-0.2, 0) is 31.2 Å². The Balaban J connectivity index is 1.19. The lowest BCUT2D eigenvalue weighted by Crippen LogP contribution is -2.16. The lowest BCUT2D eigenvalue weighted by molar-refractivity contribution is 0.215. The van der Waals surface area contributed by atoms with Crippen molar-refractivity contribution in [2.75, 3.05) is 11.1 Å². The number of anilines is 2. The summed E-state index contributed by atoms with van der Waals surface area (Å²) in [6.07, 6.45) is -0.734. The van der Waals surface area contributed by atoms with Gasteiger partial charge in [-0.3, -0.25) is 5.32 Å². The number of carbonyl (C=O) groups is 1. The number of nitrogens with one attached hydrogen (secondary N) is 1. The maximum atomic E-state index is 12.8. The van der Waals surface area contributed by atoms with Crippen LogP contribution in [0, 0.1) is 0 Å². The van der Waals surface area contributed by atoms with Crippen molar-refractivity contribution in [3.63, 3.8) is 0 Å². The monoisotopic (exact) mass is 612 g/mol. The first-order valence-electron chi connectivity index (χ1n) is 13.2. The smallest absolute Gasteiger partial charge is 0.410 e. The van der Waals surface area contributed by atoms with Gasteiger partial charge in [-0.2, -0.15) is 0 Å². The SMILES string of the molecule is Nc1ccc(S(=O)(=O)Cc2cccc(-c3ccc(OC(=O)Nc4ccc(S(=O)(=O)Cc5ccccc5)cc4)cc3)c2)cc1. The number of carbonyl (C=O) groups excluding carboxylic acids is 1. The molecule has 0 aliphatic carbocycles. The van der Waals surface area contributed by atoms with E-state index < -0.39 is 25.8 Å². The number of sulfone groups is 2. The second-order valence-corrected chi connectivity index (χ2v) is 13.8. The van der Waals surface area contributed by atoms with Gasteiger partial charge in [0.05, 0.1) is 21.3 Å². The fourth-order valence-corrected chi connectivity index (χ4v) is 7.09. The molecule has 0 heterocycles. The zero-order chi connectivity index (χ0) is 30.5. The zero-order valence-corrected chi connectivity index (χ0v) is 24.5. The molecule has 0 fully saturated rings. The summed E-state index contributed by atoms with van der Waals surface area (Å²) in [6, 6.07) is 34.9. The van der Waals surface area contributed by atoms with Crippen molar-refractivity contribution >= 4 is 37.1 Å². The van der Waals surface area contributed by atoms with E-state index in [2.05, 4.69) is 5.32 Å². The van der Waals surface area contributed by atoms with Gasteiger partial charge in [-0.1, -0.05) is 66.7 Å². The number of ether oxygens (including phenoxy) is 1. The Bertz CT molecular complexity index is 1940. The van der Waals surface area contributed by atoms with Crippen molar-refractivity contribution in [1.82, 2.24) is 0 Å². The minimum absolute atomic E-state index is 0.119. The van der Waals surface area contributed by atoms with Gasteiger partial charge in [0.15, 0.2) is 19.7 Å². The van der Waals surface area contributed by atoms with Crippen LogP contribution in [0.1, 0.15) is 11.1 Å². The number of hydrogen-bond acceptors (Lipinski definition) is 7. The molecule has 0 atom stereocenters. The molecule has 218 valence electrons. The van der Waals surface area contributed by atoms with Crippen LogP contribution >= 0.6 is 0 Å². The molecule has 0 saturated heterocycles. The number of nitrogen functional groups attached to an aromatic ring is 1. The lowest BCUT2D eigenvalue weighted by atomic mass is 10.0. The average molecular weight is 613 g/mol. The van der Waals surface area contributed by atoms with Crippen molar-refractivity contribution in [3.8, 4) is 16.9 Å². The Hall–Kier alpha value is -4.93. The molecule has 0 aliphatic rings. The van der Waals surface area contributed by atoms with Gasteiger partial charge in [-0.05, 0) is 82.9 Å². The molecule has 8 nitrogen and oxygen atoms in total. The predicted molar refractivity (Wildman–Crippen MR) is 167 cm³/mol. The normalized spacial score (nSPS) is 11.5. The van der Waals surface area contributed by atoms with E-state index in [4.69, 9.17) is 10.5 Å². The molecule has 0 radical (unpaired) electrons. The number of hydrogen-bond donors (Lipinski definition) is 2. The third-order valence-electron chi connectivity index (χ3n) is 6.58. The molecule has 0 saturated carbocycles. The Morgan fingerprint density at radius 1 is 0.605 bits per heavy atom. The first-order valence-corrected chi connectivity index (χ1v) is 16.5. The summed E-state index contributed by atoms with van der Waals surface area (Å²) in [6.45, 7) is 0. The maximum absolute atomic E-state index is 12.8. The highest BCUT2D eigenvalue weighted by molar-refractivity contribution is 7.91. The van der Waals surface area contributed by atoms with Crippen molar-refractivity contribution in [3.05, 3.63) is 139 Å². The molecule has 0 spiro atoms. The third-order valence-corrected chi connectivity index (χ3v) is 9.99. The minimum atomic E-state index is -3.55. The number of amides is 1. The maximum Gasteiger partial charge on any atom is 0.417 e. The summed E-state index contributed by atoms with van der Waals surface area (Å²) < 4.78 is 56.5. The summed E-state index contributed by atoms with van der Waals surface area (Å²) >= 11 is 0. The van der Waals surface area contributed by atoms with E-state index in [1.54, 1.807) is 78.9 Å². The van der Waals surface area contributed by atoms with E-state index in [0.717, 1.165) is 11.1 Å². The number of nitrogens with two attached hydrogens (primary N) is 1. The Morgan fingerprint density at radius 3 is 1.79 bits per heavy atom. The summed E-state index contributed by atoms with van der Waals surface area (Å²) in [5, 5.41) is 2.59. The van der Waals surface area contributed by atoms with E-state index in [1.165, 1.54) is 36.4 Å². The van der Waals surface area contributed by atoms with Crippen LogP contribution in [0.2, 0.25) is 0 Å². The van der Waals surface area contributed by atoms with Gasteiger partial charge in [-0.25, -0.2) is 21.6 Å². The predicted octanol–water partition coefficient (Wildman–Crippen LogP) is 6.49. The van der Waals surface area contributed by atoms with Gasteiger partial charge in [0.25, 0.3) is 0 Å². The molecule has 3 N–H and O–H groups in total. The van der Waals surface area contributed by atoms with Crippen molar-refractivity contribution in [2.45, 2.75) is 21.3 Å². The Morgan fingerprint density at radius 2 is 1.16 bits per heavy atom. The molecular weight excluding hydrogens is 585 g/mol. The highest BCUT2D eigenvalue weighted by atomic mass is 32.2. The second kappa shape index (κ2) is 12.5. The van der Waals surface area contributed by atoms with Gasteiger partial charge in [-0.15, -0.1) is 0 Å². The largest absolute Gasteiger partial charge is 0.417 e. The van der Waals surface area contributed by atoms with Gasteiger partial charge >= 0.3 is 6.09 Å². The molecule has 43 heavy (non-hydrogen) atoms. The Kier molecular flexibility index (Phi) is 8.61. The van der Waals surface area contributed by atoms with Crippen LogP contribution < -0.4 is 15.8 Å². The molecule has 5 aromatic rings. The van der Waals surface area contributed by atoms with Crippen molar-refractivity contribution < 1.29 is 26.4 Å². The zero-order valence-electron chi connectivity index (χ0n) is 22.9. The van der Waals surface area contributed by atoms with Gasteiger partial charge in [0.1, 0.15) is 5.75 Å². The van der Waals surface area contributed by atoms with Crippen LogP contribution in [-0.4, -0.2) is 22.9 Å². The van der Waals surface area contributed by atoms with E-state index in [9.17, 15) is 21.6 Å². The van der Waals surface area contributed by atoms with E-state index in [-0.39, 0.29) is 21.3 Å². The quantitative estimate of drug-likeness (QED) is 0.182. The number of benzene rings is 5. The molecule has 5 rings (SSSR count). The molecule has 0 aromatic heterocycles. The minimum Gasteiger partial charge on any atom is -0.410 e. The van der Waals surface area contributed by atoms with E-state index in [0.29, 0.717) is 28.3 Å². The van der Waals surface area contributed by atoms with Crippen LogP contribution in [0.3, 0.4) is 0 Å². The summed E-state index contributed by atoms with van der Waals surface area (Å²) in [5.41, 5.74) is 9.49. The average Bonchev–Trinajstić information content (AvgIpc) is 2.98. The first-order chi connectivity index (χ1) is 20.6. The highest BCUT2D eigenvalue weighted by Gasteiger charge is 2.17. The third kappa shape index (κ3) is 7.68. The molecule has 0 aliphatic heterocycles. The highest BCUT2D eigenvalue weighted by Crippen LogP contribution is 2.26. The fraction of sp³-hybridized carbons (Fsp3) is 0.0606. The van der Waals surface area contributed by atoms with Gasteiger partial charge < -0.3 is 10.5 Å². The van der Waals surface area contributed by atoms with Crippen LogP contribution in [0.25, 0.3) is 11.1 Å². The first kappa shape index (κ1) is 29.6. The van der Waals surface area contributed by atoms with Crippen molar-refractivity contribution in [2.24, 2.45) is 0 Å². The molecule has 10 heteroatoms. The fourth-order valence-electron chi connectivity index (χ4n) is 4.41. The van der Waals surface area contributed by atoms with Crippen LogP contribution in [0.5, 0.6) is 5.75 Å². The molecule has 5 aromatic carbocycles. The van der Waals surface area contributed by atoms with Crippen LogP contribution in [0.4, 0.5) is 16.2 Å². The van der Waals surface area contributed by atoms with E-state index >= 15 is 0 Å². The molecule has 1 amide bonds. The van der Waals surface area contributed by atoms with E-state index in [1.807, 2.05) is 12.1 Å². The molecule has 0 bridgehead atoms. The number of rotatable bonds is 9. The Labute approximate surface area is 250 Å². The van der Waals surface area contributed by atoms with Gasteiger partial charge in [0.2, 0.25) is 0 Å². The summed E-state index contributed by atoms with van der Waals surface area (Å²) in [4.78, 5) is 12.8. The lowest BCUT2D eigenvalue weighted by Gasteiger charge is -2.10. The van der Waals surface area contributed by atoms with Gasteiger partial charge in [0, 0.05) is 11.4 Å². The topological polar surface area (TPSA) is 133 Å². The standard InChI is InChI=1S/C33H28N2O6S2/c34-28-11-17-31(18-12-28)43(39,40)23-25-7-4-8-27(21-25)26-9-15-30(16-10-26)41-33(36)35-29-13-19-32(20-14-29)42(37,38)22-24-5-2-1-3-6-24/h1-21H,22-23,34H2,(H,35,36). The van der Waals surface area contributed by atoms with Crippen molar-refractivity contribution in [1.29, 1.82) is 0 Å².